The molecule has 0 aliphatic carbocycles. The lowest BCUT2D eigenvalue weighted by molar-refractivity contribution is -0.126. The van der Waals surface area contributed by atoms with Gasteiger partial charge in [0.1, 0.15) is 11.6 Å². The molecule has 4 rings (SSSR count). The number of rotatable bonds is 3. The zero-order valence-electron chi connectivity index (χ0n) is 14.4. The van der Waals surface area contributed by atoms with Gasteiger partial charge in [0.2, 0.25) is 0 Å². The second kappa shape index (κ2) is 6.83. The summed E-state index contributed by atoms with van der Waals surface area (Å²) in [6.07, 6.45) is 1.44. The second-order valence-electron chi connectivity index (χ2n) is 6.48. The monoisotopic (exact) mass is 369 g/mol. The van der Waals surface area contributed by atoms with E-state index in [-0.39, 0.29) is 11.4 Å². The molecule has 1 amide bonds. The first-order chi connectivity index (χ1) is 13.0. The molecule has 1 saturated heterocycles. The standard InChI is InChI=1S/C20H17F2N3O2/c21-13-1-4-15(5-2-13)24-7-9-25(10-8-24)20(27)19(26)17-12-23-18-11-14(22)3-6-16(17)18/h1-6,11-12,23H,7-10H2. The summed E-state index contributed by atoms with van der Waals surface area (Å²) in [5.74, 6) is -1.88. The molecule has 0 radical (unpaired) electrons. The maximum absolute atomic E-state index is 13.3. The molecule has 27 heavy (non-hydrogen) atoms. The number of ketones is 1. The first-order valence-corrected chi connectivity index (χ1v) is 8.64. The molecule has 0 bridgehead atoms. The lowest BCUT2D eigenvalue weighted by Gasteiger charge is -2.35. The van der Waals surface area contributed by atoms with Gasteiger partial charge in [0.25, 0.3) is 11.7 Å². The largest absolute Gasteiger partial charge is 0.368 e. The van der Waals surface area contributed by atoms with E-state index in [0.29, 0.717) is 37.1 Å². The molecule has 5 nitrogen and oxygen atoms in total. The molecule has 2 aromatic carbocycles. The number of hydrogen-bond donors (Lipinski definition) is 1. The number of nitrogens with one attached hydrogen (secondary N) is 1. The van der Waals surface area contributed by atoms with E-state index in [1.807, 2.05) is 4.90 Å². The number of aromatic amines is 1. The van der Waals surface area contributed by atoms with Gasteiger partial charge >= 0.3 is 0 Å². The number of Topliss-reactive ketones (excluding diaryl/α,β-unsaturated/α-hetero) is 1. The molecule has 1 aliphatic rings. The molecule has 3 aromatic rings. The first kappa shape index (κ1) is 17.2. The topological polar surface area (TPSA) is 56.4 Å². The summed E-state index contributed by atoms with van der Waals surface area (Å²) in [5.41, 5.74) is 1.61. The molecule has 2 heterocycles. The average Bonchev–Trinajstić information content (AvgIpc) is 3.10. The van der Waals surface area contributed by atoms with Gasteiger partial charge in [-0.2, -0.15) is 0 Å². The predicted octanol–water partition coefficient (Wildman–Crippen LogP) is 2.98. The van der Waals surface area contributed by atoms with Crippen LogP contribution in [-0.4, -0.2) is 47.8 Å². The van der Waals surface area contributed by atoms with Crippen molar-refractivity contribution in [1.29, 1.82) is 0 Å². The summed E-state index contributed by atoms with van der Waals surface area (Å²) < 4.78 is 26.3. The Hall–Kier alpha value is -3.22. The van der Waals surface area contributed by atoms with Gasteiger partial charge in [0.05, 0.1) is 5.56 Å². The van der Waals surface area contributed by atoms with Gasteiger partial charge in [-0.1, -0.05) is 0 Å². The summed E-state index contributed by atoms with van der Waals surface area (Å²) >= 11 is 0. The minimum absolute atomic E-state index is 0.246. The number of aromatic nitrogens is 1. The van der Waals surface area contributed by atoms with Crippen LogP contribution in [0.5, 0.6) is 0 Å². The van der Waals surface area contributed by atoms with E-state index in [2.05, 4.69) is 4.98 Å². The van der Waals surface area contributed by atoms with Crippen LogP contribution < -0.4 is 4.90 Å². The molecule has 1 N–H and O–H groups in total. The van der Waals surface area contributed by atoms with Crippen molar-refractivity contribution in [3.05, 3.63) is 65.9 Å². The summed E-state index contributed by atoms with van der Waals surface area (Å²) in [5, 5.41) is 0.527. The number of amides is 1. The highest BCUT2D eigenvalue weighted by Gasteiger charge is 2.28. The molecule has 0 spiro atoms. The maximum atomic E-state index is 13.3. The van der Waals surface area contributed by atoms with Crippen LogP contribution in [0.1, 0.15) is 10.4 Å². The molecule has 0 atom stereocenters. The average molecular weight is 369 g/mol. The Morgan fingerprint density at radius 2 is 1.56 bits per heavy atom. The number of nitrogens with zero attached hydrogens (tertiary/aromatic N) is 2. The van der Waals surface area contributed by atoms with E-state index in [1.165, 1.54) is 41.4 Å². The molecule has 0 saturated carbocycles. The maximum Gasteiger partial charge on any atom is 0.295 e. The van der Waals surface area contributed by atoms with Crippen LogP contribution >= 0.6 is 0 Å². The van der Waals surface area contributed by atoms with Gasteiger partial charge in [-0.3, -0.25) is 9.59 Å². The van der Waals surface area contributed by atoms with E-state index in [1.54, 1.807) is 12.1 Å². The number of halogens is 2. The Morgan fingerprint density at radius 3 is 2.26 bits per heavy atom. The van der Waals surface area contributed by atoms with E-state index < -0.39 is 17.5 Å². The van der Waals surface area contributed by atoms with Crippen LogP contribution in [0.2, 0.25) is 0 Å². The molecule has 138 valence electrons. The number of carbonyl (C=O) groups excluding carboxylic acids is 2. The fourth-order valence-corrected chi connectivity index (χ4v) is 3.36. The van der Waals surface area contributed by atoms with Crippen molar-refractivity contribution in [1.82, 2.24) is 9.88 Å². The highest BCUT2D eigenvalue weighted by atomic mass is 19.1. The highest BCUT2D eigenvalue weighted by molar-refractivity contribution is 6.44. The van der Waals surface area contributed by atoms with E-state index in [0.717, 1.165) is 5.69 Å². The Balaban J connectivity index is 1.45. The quantitative estimate of drug-likeness (QED) is 0.570. The third-order valence-corrected chi connectivity index (χ3v) is 4.84. The Bertz CT molecular complexity index is 1010. The second-order valence-corrected chi connectivity index (χ2v) is 6.48. The van der Waals surface area contributed by atoms with Crippen LogP contribution in [-0.2, 0) is 4.79 Å². The summed E-state index contributed by atoms with van der Waals surface area (Å²) in [6, 6.07) is 10.2. The molecule has 7 heteroatoms. The summed E-state index contributed by atoms with van der Waals surface area (Å²) in [4.78, 5) is 31.6. The lowest BCUT2D eigenvalue weighted by atomic mass is 10.1. The number of H-pyrrole nitrogens is 1. The minimum atomic E-state index is -0.608. The Kier molecular flexibility index (Phi) is 4.35. The molecule has 1 aliphatic heterocycles. The van der Waals surface area contributed by atoms with Crippen LogP contribution in [0.15, 0.2) is 48.7 Å². The van der Waals surface area contributed by atoms with Gasteiger partial charge in [0, 0.05) is 49.0 Å². The normalized spacial score (nSPS) is 14.6. The summed E-state index contributed by atoms with van der Waals surface area (Å²) in [6.45, 7) is 1.92. The third kappa shape index (κ3) is 3.28. The van der Waals surface area contributed by atoms with E-state index in [9.17, 15) is 18.4 Å². The van der Waals surface area contributed by atoms with Crippen molar-refractivity contribution < 1.29 is 18.4 Å². The highest BCUT2D eigenvalue weighted by Crippen LogP contribution is 2.21. The third-order valence-electron chi connectivity index (χ3n) is 4.84. The smallest absolute Gasteiger partial charge is 0.295 e. The van der Waals surface area contributed by atoms with E-state index in [4.69, 9.17) is 0 Å². The number of anilines is 1. The number of piperazine rings is 1. The predicted molar refractivity (Wildman–Crippen MR) is 97.8 cm³/mol. The van der Waals surface area contributed by atoms with Crippen LogP contribution in [0.4, 0.5) is 14.5 Å². The van der Waals surface area contributed by atoms with Crippen molar-refractivity contribution in [3.8, 4) is 0 Å². The summed E-state index contributed by atoms with van der Waals surface area (Å²) in [7, 11) is 0. The van der Waals surface area contributed by atoms with Crippen LogP contribution in [0.3, 0.4) is 0 Å². The van der Waals surface area contributed by atoms with Crippen molar-refractivity contribution in [2.24, 2.45) is 0 Å². The van der Waals surface area contributed by atoms with Gasteiger partial charge < -0.3 is 14.8 Å². The molecular weight excluding hydrogens is 352 g/mol. The SMILES string of the molecule is O=C(C(=O)N1CCN(c2ccc(F)cc2)CC1)c1c[nH]c2cc(F)ccc12. The van der Waals surface area contributed by atoms with Crippen LogP contribution in [0.25, 0.3) is 10.9 Å². The minimum Gasteiger partial charge on any atom is -0.368 e. The van der Waals surface area contributed by atoms with Gasteiger partial charge in [-0.15, -0.1) is 0 Å². The van der Waals surface area contributed by atoms with Crippen molar-refractivity contribution in [3.63, 3.8) is 0 Å². The van der Waals surface area contributed by atoms with E-state index >= 15 is 0 Å². The van der Waals surface area contributed by atoms with Crippen molar-refractivity contribution >= 4 is 28.3 Å². The number of benzene rings is 2. The van der Waals surface area contributed by atoms with Gasteiger partial charge in [-0.05, 0) is 42.5 Å². The zero-order chi connectivity index (χ0) is 19.0. The van der Waals surface area contributed by atoms with Crippen molar-refractivity contribution in [2.75, 3.05) is 31.1 Å². The molecule has 1 fully saturated rings. The number of fused-ring (bicyclic) bond motifs is 1. The van der Waals surface area contributed by atoms with Crippen molar-refractivity contribution in [2.45, 2.75) is 0 Å². The fraction of sp³-hybridized carbons (Fsp3) is 0.200. The first-order valence-electron chi connectivity index (χ1n) is 8.64. The van der Waals surface area contributed by atoms with Gasteiger partial charge in [-0.25, -0.2) is 8.78 Å². The number of hydrogen-bond acceptors (Lipinski definition) is 3. The Morgan fingerprint density at radius 1 is 0.889 bits per heavy atom. The number of carbonyl (C=O) groups is 2. The molecular formula is C20H17F2N3O2. The van der Waals surface area contributed by atoms with Crippen LogP contribution in [0, 0.1) is 11.6 Å². The lowest BCUT2D eigenvalue weighted by Crippen LogP contribution is -2.50. The molecule has 1 aromatic heterocycles. The zero-order valence-corrected chi connectivity index (χ0v) is 14.4. The molecule has 0 unspecified atom stereocenters. The Labute approximate surface area is 154 Å². The fourth-order valence-electron chi connectivity index (χ4n) is 3.36. The van der Waals surface area contributed by atoms with Gasteiger partial charge in [0.15, 0.2) is 0 Å².